The number of rotatable bonds is 5. The molecule has 1 aromatic rings. The fourth-order valence-electron chi connectivity index (χ4n) is 2.25. The molecule has 0 radical (unpaired) electrons. The molecule has 0 unspecified atom stereocenters. The zero-order chi connectivity index (χ0) is 16.1. The van der Waals surface area contributed by atoms with E-state index >= 15 is 0 Å². The zero-order valence-corrected chi connectivity index (χ0v) is 13.7. The molecule has 0 saturated carbocycles. The van der Waals surface area contributed by atoms with Gasteiger partial charge in [0.15, 0.2) is 0 Å². The summed E-state index contributed by atoms with van der Waals surface area (Å²) in [7, 11) is 0. The second kappa shape index (κ2) is 7.49. The number of carbonyl (C=O) groups excluding carboxylic acids is 2. The molecule has 0 spiro atoms. The van der Waals surface area contributed by atoms with Crippen LogP contribution in [0.15, 0.2) is 18.2 Å². The number of halogens is 1. The van der Waals surface area contributed by atoms with Crippen LogP contribution >= 0.6 is 11.6 Å². The van der Waals surface area contributed by atoms with Crippen LogP contribution in [0.1, 0.15) is 33.1 Å². The van der Waals surface area contributed by atoms with Crippen molar-refractivity contribution in [2.45, 2.75) is 39.2 Å². The van der Waals surface area contributed by atoms with E-state index in [0.717, 1.165) is 6.42 Å². The average molecular weight is 325 g/mol. The summed E-state index contributed by atoms with van der Waals surface area (Å²) in [6.07, 6.45) is 1.24. The van der Waals surface area contributed by atoms with Gasteiger partial charge in [-0.15, -0.1) is 0 Å². The predicted octanol–water partition coefficient (Wildman–Crippen LogP) is 2.76. The number of hydrogen-bond acceptors (Lipinski definition) is 3. The highest BCUT2D eigenvalue weighted by molar-refractivity contribution is 6.31. The van der Waals surface area contributed by atoms with Gasteiger partial charge in [-0.05, 0) is 31.5 Å². The van der Waals surface area contributed by atoms with E-state index in [1.807, 2.05) is 13.8 Å². The first-order chi connectivity index (χ1) is 10.5. The highest BCUT2D eigenvalue weighted by Gasteiger charge is 2.24. The Bertz CT molecular complexity index is 562. The highest BCUT2D eigenvalue weighted by Crippen LogP contribution is 2.34. The van der Waals surface area contributed by atoms with E-state index in [9.17, 15) is 9.59 Å². The van der Waals surface area contributed by atoms with E-state index < -0.39 is 0 Å². The van der Waals surface area contributed by atoms with Crippen molar-refractivity contribution in [3.05, 3.63) is 23.2 Å². The van der Waals surface area contributed by atoms with Gasteiger partial charge in [-0.3, -0.25) is 9.59 Å². The van der Waals surface area contributed by atoms with Crippen LogP contribution in [0.25, 0.3) is 0 Å². The lowest BCUT2D eigenvalue weighted by atomic mass is 10.2. The Morgan fingerprint density at radius 3 is 2.91 bits per heavy atom. The second-order valence-corrected chi connectivity index (χ2v) is 5.82. The normalized spacial score (nSPS) is 14.8. The van der Waals surface area contributed by atoms with Crippen LogP contribution in [0.4, 0.5) is 5.69 Å². The number of carbonyl (C=O) groups is 2. The smallest absolute Gasteiger partial charge is 0.227 e. The van der Waals surface area contributed by atoms with E-state index in [1.165, 1.54) is 0 Å². The molecule has 6 heteroatoms. The van der Waals surface area contributed by atoms with Gasteiger partial charge in [0.05, 0.1) is 12.2 Å². The molecular formula is C16H21ClN2O3. The first-order valence-electron chi connectivity index (χ1n) is 7.53. The molecule has 0 saturated heterocycles. The Morgan fingerprint density at radius 1 is 1.41 bits per heavy atom. The monoisotopic (exact) mass is 324 g/mol. The van der Waals surface area contributed by atoms with E-state index in [1.54, 1.807) is 23.1 Å². The first kappa shape index (κ1) is 16.6. The fraction of sp³-hybridized carbons (Fsp3) is 0.500. The summed E-state index contributed by atoms with van der Waals surface area (Å²) in [6.45, 7) is 4.86. The number of nitrogens with zero attached hydrogens (tertiary/aromatic N) is 1. The number of fused-ring (bicyclic) bond motifs is 1. The summed E-state index contributed by atoms with van der Waals surface area (Å²) in [6, 6.07) is 5.33. The van der Waals surface area contributed by atoms with Crippen molar-refractivity contribution in [3.8, 4) is 5.75 Å². The van der Waals surface area contributed by atoms with Gasteiger partial charge in [0, 0.05) is 23.9 Å². The van der Waals surface area contributed by atoms with Crippen molar-refractivity contribution in [2.75, 3.05) is 18.1 Å². The number of hydrogen-bond donors (Lipinski definition) is 1. The van der Waals surface area contributed by atoms with Crippen LogP contribution in [-0.2, 0) is 9.59 Å². The van der Waals surface area contributed by atoms with Crippen LogP contribution in [0.2, 0.25) is 5.02 Å². The molecule has 5 nitrogen and oxygen atoms in total. The lowest BCUT2D eigenvalue weighted by molar-refractivity contribution is -0.125. The lowest BCUT2D eigenvalue weighted by Gasteiger charge is -2.29. The summed E-state index contributed by atoms with van der Waals surface area (Å²) < 4.78 is 5.52. The van der Waals surface area contributed by atoms with Crippen LogP contribution in [0, 0.1) is 0 Å². The van der Waals surface area contributed by atoms with Crippen molar-refractivity contribution < 1.29 is 14.3 Å². The summed E-state index contributed by atoms with van der Waals surface area (Å²) in [5, 5.41) is 3.41. The third kappa shape index (κ3) is 4.13. The van der Waals surface area contributed by atoms with E-state index in [-0.39, 0.29) is 30.7 Å². The molecular weight excluding hydrogens is 304 g/mol. The first-order valence-corrected chi connectivity index (χ1v) is 7.91. The quantitative estimate of drug-likeness (QED) is 0.906. The molecule has 2 rings (SSSR count). The number of amides is 2. The van der Waals surface area contributed by atoms with Crippen molar-refractivity contribution in [1.29, 1.82) is 0 Å². The molecule has 1 N–H and O–H groups in total. The standard InChI is InChI=1S/C16H21ClN2O3/c1-3-11(2)18-15(20)6-7-16(21)19-8-9-22-14-5-4-12(17)10-13(14)19/h4-5,10-11H,3,6-9H2,1-2H3,(H,18,20)/t11-/m0/s1. The van der Waals surface area contributed by atoms with Gasteiger partial charge in [0.25, 0.3) is 0 Å². The summed E-state index contributed by atoms with van der Waals surface area (Å²) >= 11 is 5.99. The molecule has 0 bridgehead atoms. The molecule has 1 aliphatic rings. The predicted molar refractivity (Wildman–Crippen MR) is 86.4 cm³/mol. The zero-order valence-electron chi connectivity index (χ0n) is 12.9. The summed E-state index contributed by atoms with van der Waals surface area (Å²) in [5.41, 5.74) is 0.672. The second-order valence-electron chi connectivity index (χ2n) is 5.38. The molecule has 2 amide bonds. The molecule has 1 aromatic carbocycles. The van der Waals surface area contributed by atoms with Crippen LogP contribution in [-0.4, -0.2) is 31.0 Å². The number of ether oxygens (including phenoxy) is 1. The van der Waals surface area contributed by atoms with Gasteiger partial charge in [-0.2, -0.15) is 0 Å². The minimum atomic E-state index is -0.0951. The maximum Gasteiger partial charge on any atom is 0.227 e. The van der Waals surface area contributed by atoms with E-state index in [4.69, 9.17) is 16.3 Å². The Hall–Kier alpha value is -1.75. The van der Waals surface area contributed by atoms with Gasteiger partial charge < -0.3 is 15.0 Å². The minimum Gasteiger partial charge on any atom is -0.490 e. The Morgan fingerprint density at radius 2 is 2.18 bits per heavy atom. The minimum absolute atomic E-state index is 0.0916. The maximum absolute atomic E-state index is 12.4. The highest BCUT2D eigenvalue weighted by atomic mass is 35.5. The third-order valence-corrected chi connectivity index (χ3v) is 3.91. The van der Waals surface area contributed by atoms with Gasteiger partial charge in [0.1, 0.15) is 12.4 Å². The number of anilines is 1. The largest absolute Gasteiger partial charge is 0.490 e. The Labute approximate surface area is 135 Å². The molecule has 1 heterocycles. The van der Waals surface area contributed by atoms with Crippen LogP contribution in [0.3, 0.4) is 0 Å². The topological polar surface area (TPSA) is 58.6 Å². The van der Waals surface area contributed by atoms with E-state index in [0.29, 0.717) is 29.6 Å². The third-order valence-electron chi connectivity index (χ3n) is 3.67. The maximum atomic E-state index is 12.4. The van der Waals surface area contributed by atoms with Crippen LogP contribution in [0.5, 0.6) is 5.75 Å². The molecule has 0 aromatic heterocycles. The number of nitrogens with one attached hydrogen (secondary N) is 1. The summed E-state index contributed by atoms with van der Waals surface area (Å²) in [4.78, 5) is 25.8. The number of benzene rings is 1. The van der Waals surface area contributed by atoms with Gasteiger partial charge >= 0.3 is 0 Å². The van der Waals surface area contributed by atoms with Crippen molar-refractivity contribution in [1.82, 2.24) is 5.32 Å². The SMILES string of the molecule is CC[C@H](C)NC(=O)CCC(=O)N1CCOc2ccc(Cl)cc21. The Kier molecular flexibility index (Phi) is 5.66. The fourth-order valence-corrected chi connectivity index (χ4v) is 2.42. The van der Waals surface area contributed by atoms with Crippen LogP contribution < -0.4 is 15.0 Å². The van der Waals surface area contributed by atoms with Gasteiger partial charge in [-0.25, -0.2) is 0 Å². The molecule has 0 fully saturated rings. The van der Waals surface area contributed by atoms with E-state index in [2.05, 4.69) is 5.32 Å². The lowest BCUT2D eigenvalue weighted by Crippen LogP contribution is -2.39. The Balaban J connectivity index is 1.97. The molecule has 22 heavy (non-hydrogen) atoms. The van der Waals surface area contributed by atoms with Crippen molar-refractivity contribution >= 4 is 29.1 Å². The molecule has 120 valence electrons. The van der Waals surface area contributed by atoms with Crippen molar-refractivity contribution in [2.24, 2.45) is 0 Å². The molecule has 0 aliphatic carbocycles. The summed E-state index contributed by atoms with van der Waals surface area (Å²) in [5.74, 6) is 0.460. The van der Waals surface area contributed by atoms with Crippen molar-refractivity contribution in [3.63, 3.8) is 0 Å². The van der Waals surface area contributed by atoms with Gasteiger partial charge in [0.2, 0.25) is 11.8 Å². The molecule has 1 atom stereocenters. The van der Waals surface area contributed by atoms with Gasteiger partial charge in [-0.1, -0.05) is 18.5 Å². The average Bonchev–Trinajstić information content (AvgIpc) is 2.51. The molecule has 1 aliphatic heterocycles.